The molecule has 98 valence electrons. The summed E-state index contributed by atoms with van der Waals surface area (Å²) in [7, 11) is 0. The Bertz CT molecular complexity index is 128. The van der Waals surface area contributed by atoms with Crippen LogP contribution in [0.1, 0.15) is 65.2 Å². The molecule has 2 heteroatoms. The van der Waals surface area contributed by atoms with E-state index in [-0.39, 0.29) is 0 Å². The number of hydrogen-bond donors (Lipinski definition) is 1. The van der Waals surface area contributed by atoms with E-state index in [0.29, 0.717) is 12.5 Å². The first-order chi connectivity index (χ1) is 7.81. The lowest BCUT2D eigenvalue weighted by Gasteiger charge is -2.06. The molecule has 1 unspecified atom stereocenters. The van der Waals surface area contributed by atoms with Gasteiger partial charge in [0.15, 0.2) is 0 Å². The minimum atomic E-state index is 0.338. The molecule has 0 aliphatic rings. The van der Waals surface area contributed by atoms with Crippen LogP contribution in [0, 0.1) is 5.92 Å². The predicted molar refractivity (Wildman–Crippen MR) is 76.2 cm³/mol. The van der Waals surface area contributed by atoms with Crippen molar-refractivity contribution in [3.8, 4) is 0 Å². The van der Waals surface area contributed by atoms with Crippen LogP contribution >= 0.6 is 11.8 Å². The number of hydrogen-bond acceptors (Lipinski definition) is 2. The lowest BCUT2D eigenvalue weighted by Crippen LogP contribution is -2.03. The van der Waals surface area contributed by atoms with E-state index in [1.165, 1.54) is 57.1 Å². The van der Waals surface area contributed by atoms with E-state index in [2.05, 4.69) is 13.8 Å². The number of rotatable bonds is 12. The molecule has 0 radical (unpaired) electrons. The Morgan fingerprint density at radius 1 is 0.938 bits per heavy atom. The highest BCUT2D eigenvalue weighted by molar-refractivity contribution is 7.99. The van der Waals surface area contributed by atoms with Crippen molar-refractivity contribution < 1.29 is 5.11 Å². The number of thioether (sulfide) groups is 1. The van der Waals surface area contributed by atoms with E-state index in [1.807, 2.05) is 11.8 Å². The molecule has 0 fully saturated rings. The molecule has 0 rings (SSSR count). The van der Waals surface area contributed by atoms with Crippen molar-refractivity contribution in [3.63, 3.8) is 0 Å². The summed E-state index contributed by atoms with van der Waals surface area (Å²) in [6.07, 6.45) is 11.2. The maximum absolute atomic E-state index is 8.86. The second kappa shape index (κ2) is 13.4. The zero-order chi connectivity index (χ0) is 12.1. The third kappa shape index (κ3) is 12.4. The standard InChI is InChI=1S/C14H30OS/c1-3-4-5-6-7-8-9-10-11-16-13-14(2)12-15/h14-15H,3-13H2,1-2H3. The predicted octanol–water partition coefficient (Wildman–Crippen LogP) is 4.49. The fraction of sp³-hybridized carbons (Fsp3) is 1.00. The minimum absolute atomic E-state index is 0.338. The second-order valence-corrected chi connectivity index (χ2v) is 5.99. The van der Waals surface area contributed by atoms with Gasteiger partial charge in [-0.15, -0.1) is 0 Å². The molecule has 1 nitrogen and oxygen atoms in total. The van der Waals surface area contributed by atoms with E-state index in [1.54, 1.807) is 0 Å². The Balaban J connectivity index is 2.93. The largest absolute Gasteiger partial charge is 0.396 e. The summed E-state index contributed by atoms with van der Waals surface area (Å²) in [6.45, 7) is 4.72. The quantitative estimate of drug-likeness (QED) is 0.512. The SMILES string of the molecule is CCCCCCCCCCSCC(C)CO. The van der Waals surface area contributed by atoms with Crippen molar-refractivity contribution in [2.75, 3.05) is 18.1 Å². The molecule has 1 N–H and O–H groups in total. The van der Waals surface area contributed by atoms with Crippen LogP contribution in [0.15, 0.2) is 0 Å². The van der Waals surface area contributed by atoms with Crippen LogP contribution in [-0.4, -0.2) is 23.2 Å². The lowest BCUT2D eigenvalue weighted by molar-refractivity contribution is 0.250. The van der Waals surface area contributed by atoms with Crippen LogP contribution in [0.3, 0.4) is 0 Å². The summed E-state index contributed by atoms with van der Waals surface area (Å²) in [5.41, 5.74) is 0. The highest BCUT2D eigenvalue weighted by Crippen LogP contribution is 2.13. The van der Waals surface area contributed by atoms with E-state index in [9.17, 15) is 0 Å². The molecular weight excluding hydrogens is 216 g/mol. The Morgan fingerprint density at radius 2 is 1.50 bits per heavy atom. The number of aliphatic hydroxyl groups is 1. The van der Waals surface area contributed by atoms with Crippen molar-refractivity contribution in [1.82, 2.24) is 0 Å². The highest BCUT2D eigenvalue weighted by atomic mass is 32.2. The van der Waals surface area contributed by atoms with E-state index in [0.717, 1.165) is 5.75 Å². The van der Waals surface area contributed by atoms with Gasteiger partial charge in [-0.25, -0.2) is 0 Å². The zero-order valence-corrected chi connectivity index (χ0v) is 12.0. The van der Waals surface area contributed by atoms with Crippen molar-refractivity contribution in [2.45, 2.75) is 65.2 Å². The first-order valence-electron chi connectivity index (χ1n) is 6.99. The summed E-state index contributed by atoms with van der Waals surface area (Å²) in [5.74, 6) is 2.87. The third-order valence-corrected chi connectivity index (χ3v) is 4.24. The first-order valence-corrected chi connectivity index (χ1v) is 8.15. The van der Waals surface area contributed by atoms with Crippen LogP contribution in [0.25, 0.3) is 0 Å². The van der Waals surface area contributed by atoms with Gasteiger partial charge < -0.3 is 5.11 Å². The van der Waals surface area contributed by atoms with Gasteiger partial charge in [-0.3, -0.25) is 0 Å². The molecule has 16 heavy (non-hydrogen) atoms. The van der Waals surface area contributed by atoms with Gasteiger partial charge in [0.2, 0.25) is 0 Å². The van der Waals surface area contributed by atoms with E-state index >= 15 is 0 Å². The summed E-state index contributed by atoms with van der Waals surface area (Å²) in [5, 5.41) is 8.86. The summed E-state index contributed by atoms with van der Waals surface area (Å²) in [6, 6.07) is 0. The van der Waals surface area contributed by atoms with Gasteiger partial charge in [-0.05, 0) is 23.8 Å². The maximum atomic E-state index is 8.86. The Hall–Kier alpha value is 0.310. The van der Waals surface area contributed by atoms with Crippen molar-refractivity contribution in [2.24, 2.45) is 5.92 Å². The van der Waals surface area contributed by atoms with Crippen molar-refractivity contribution >= 4 is 11.8 Å². The molecule has 0 heterocycles. The van der Waals surface area contributed by atoms with Crippen LogP contribution in [0.5, 0.6) is 0 Å². The monoisotopic (exact) mass is 246 g/mol. The zero-order valence-electron chi connectivity index (χ0n) is 11.2. The van der Waals surface area contributed by atoms with E-state index in [4.69, 9.17) is 5.11 Å². The molecule has 1 atom stereocenters. The summed E-state index contributed by atoms with van der Waals surface area (Å²) >= 11 is 2.00. The summed E-state index contributed by atoms with van der Waals surface area (Å²) < 4.78 is 0. The van der Waals surface area contributed by atoms with Crippen molar-refractivity contribution in [3.05, 3.63) is 0 Å². The molecule has 0 aromatic carbocycles. The topological polar surface area (TPSA) is 20.2 Å². The van der Waals surface area contributed by atoms with Gasteiger partial charge in [-0.2, -0.15) is 11.8 Å². The molecule has 0 bridgehead atoms. The first kappa shape index (κ1) is 16.3. The molecular formula is C14H30OS. The Labute approximate surface area is 106 Å². The van der Waals surface area contributed by atoms with Gasteiger partial charge in [0.25, 0.3) is 0 Å². The van der Waals surface area contributed by atoms with E-state index < -0.39 is 0 Å². The van der Waals surface area contributed by atoms with Gasteiger partial charge in [-0.1, -0.05) is 58.8 Å². The van der Waals surface area contributed by atoms with Crippen LogP contribution < -0.4 is 0 Å². The molecule has 0 saturated heterocycles. The minimum Gasteiger partial charge on any atom is -0.396 e. The fourth-order valence-electron chi connectivity index (χ4n) is 1.68. The lowest BCUT2D eigenvalue weighted by atomic mass is 10.1. The number of unbranched alkanes of at least 4 members (excludes halogenated alkanes) is 7. The Morgan fingerprint density at radius 3 is 2.06 bits per heavy atom. The molecule has 0 aliphatic heterocycles. The normalized spacial score (nSPS) is 12.9. The average molecular weight is 246 g/mol. The maximum Gasteiger partial charge on any atom is 0.0464 e. The summed E-state index contributed by atoms with van der Waals surface area (Å²) in [4.78, 5) is 0. The molecule has 0 aromatic rings. The van der Waals surface area contributed by atoms with Crippen LogP contribution in [-0.2, 0) is 0 Å². The molecule has 0 aliphatic carbocycles. The fourth-order valence-corrected chi connectivity index (χ4v) is 2.76. The smallest absolute Gasteiger partial charge is 0.0464 e. The third-order valence-electron chi connectivity index (χ3n) is 2.86. The number of aliphatic hydroxyl groups excluding tert-OH is 1. The van der Waals surface area contributed by atoms with Gasteiger partial charge in [0, 0.05) is 6.61 Å². The van der Waals surface area contributed by atoms with Gasteiger partial charge >= 0.3 is 0 Å². The van der Waals surface area contributed by atoms with Gasteiger partial charge in [0.05, 0.1) is 0 Å². The van der Waals surface area contributed by atoms with Gasteiger partial charge in [0.1, 0.15) is 0 Å². The molecule has 0 amide bonds. The molecule has 0 aromatic heterocycles. The van der Waals surface area contributed by atoms with Crippen molar-refractivity contribution in [1.29, 1.82) is 0 Å². The van der Waals surface area contributed by atoms with Crippen LogP contribution in [0.4, 0.5) is 0 Å². The molecule has 0 spiro atoms. The average Bonchev–Trinajstić information content (AvgIpc) is 2.31. The second-order valence-electron chi connectivity index (χ2n) is 4.84. The molecule has 0 saturated carbocycles. The van der Waals surface area contributed by atoms with Crippen LogP contribution in [0.2, 0.25) is 0 Å². The highest BCUT2D eigenvalue weighted by Gasteiger charge is 1.99. The Kier molecular flexibility index (Phi) is 13.6.